The van der Waals surface area contributed by atoms with E-state index in [1.165, 1.54) is 5.56 Å². The smallest absolute Gasteiger partial charge is 0.160 e. The molecule has 0 atom stereocenters. The van der Waals surface area contributed by atoms with Crippen LogP contribution in [0.4, 0.5) is 0 Å². The predicted octanol–water partition coefficient (Wildman–Crippen LogP) is 5.41. The zero-order valence-corrected chi connectivity index (χ0v) is 15.1. The summed E-state index contributed by atoms with van der Waals surface area (Å²) >= 11 is 7.75. The Morgan fingerprint density at radius 1 is 1.04 bits per heavy atom. The Morgan fingerprint density at radius 2 is 1.88 bits per heavy atom. The van der Waals surface area contributed by atoms with Gasteiger partial charge in [-0.25, -0.2) is 9.97 Å². The van der Waals surface area contributed by atoms with Gasteiger partial charge in [-0.3, -0.25) is 0 Å². The van der Waals surface area contributed by atoms with Crippen molar-refractivity contribution >= 4 is 23.4 Å². The average Bonchev–Trinajstić information content (AvgIpc) is 2.60. The molecule has 0 unspecified atom stereocenters. The van der Waals surface area contributed by atoms with E-state index >= 15 is 0 Å². The van der Waals surface area contributed by atoms with Crippen molar-refractivity contribution in [3.05, 3.63) is 70.9 Å². The molecule has 5 heteroatoms. The highest BCUT2D eigenvalue weighted by Gasteiger charge is 2.07. The fourth-order valence-corrected chi connectivity index (χ4v) is 3.38. The van der Waals surface area contributed by atoms with Gasteiger partial charge in [0.25, 0.3) is 0 Å². The van der Waals surface area contributed by atoms with Crippen LogP contribution in [-0.4, -0.2) is 17.1 Å². The molecule has 0 saturated carbocycles. The molecule has 0 aliphatic heterocycles. The van der Waals surface area contributed by atoms with Crippen LogP contribution in [0.1, 0.15) is 11.3 Å². The Balaban J connectivity index is 1.81. The predicted molar refractivity (Wildman–Crippen MR) is 99.8 cm³/mol. The van der Waals surface area contributed by atoms with E-state index in [0.717, 1.165) is 27.8 Å². The highest BCUT2D eigenvalue weighted by molar-refractivity contribution is 7.98. The van der Waals surface area contributed by atoms with Gasteiger partial charge in [0.2, 0.25) is 0 Å². The maximum atomic E-state index is 6.07. The van der Waals surface area contributed by atoms with Gasteiger partial charge in [0.15, 0.2) is 5.82 Å². The molecule has 0 N–H and O–H groups in total. The zero-order chi connectivity index (χ0) is 16.9. The lowest BCUT2D eigenvalue weighted by atomic mass is 10.2. The van der Waals surface area contributed by atoms with E-state index in [9.17, 15) is 0 Å². The molecular formula is C19H17ClN2OS. The summed E-state index contributed by atoms with van der Waals surface area (Å²) in [6.07, 6.45) is 0. The molecule has 0 fully saturated rings. The van der Waals surface area contributed by atoms with Crippen molar-refractivity contribution in [2.75, 3.05) is 7.11 Å². The number of hydrogen-bond acceptors (Lipinski definition) is 4. The third-order valence-electron chi connectivity index (χ3n) is 3.43. The molecule has 0 aliphatic rings. The van der Waals surface area contributed by atoms with Gasteiger partial charge in [-0.05, 0) is 42.8 Å². The van der Waals surface area contributed by atoms with Gasteiger partial charge < -0.3 is 4.74 Å². The number of halogens is 1. The van der Waals surface area contributed by atoms with Crippen molar-refractivity contribution in [1.29, 1.82) is 0 Å². The van der Waals surface area contributed by atoms with Gasteiger partial charge >= 0.3 is 0 Å². The maximum Gasteiger partial charge on any atom is 0.160 e. The zero-order valence-electron chi connectivity index (χ0n) is 13.5. The summed E-state index contributed by atoms with van der Waals surface area (Å²) in [5.74, 6) is 2.39. The monoisotopic (exact) mass is 356 g/mol. The van der Waals surface area contributed by atoms with Crippen LogP contribution in [0.15, 0.2) is 59.6 Å². The average molecular weight is 357 g/mol. The number of aromatic nitrogens is 2. The molecule has 3 nitrogen and oxygen atoms in total. The molecule has 0 amide bonds. The Bertz CT molecular complexity index is 854. The molecule has 24 heavy (non-hydrogen) atoms. The molecule has 0 aliphatic carbocycles. The van der Waals surface area contributed by atoms with Crippen LogP contribution in [0, 0.1) is 6.92 Å². The molecule has 3 rings (SSSR count). The van der Waals surface area contributed by atoms with Crippen LogP contribution < -0.4 is 4.74 Å². The van der Waals surface area contributed by atoms with Gasteiger partial charge in [-0.2, -0.15) is 0 Å². The van der Waals surface area contributed by atoms with Crippen molar-refractivity contribution in [3.8, 4) is 17.1 Å². The molecule has 0 saturated heterocycles. The van der Waals surface area contributed by atoms with Crippen LogP contribution in [0.2, 0.25) is 5.02 Å². The molecule has 0 radical (unpaired) electrons. The molecule has 3 aromatic rings. The summed E-state index contributed by atoms with van der Waals surface area (Å²) < 4.78 is 5.27. The molecule has 0 spiro atoms. The molecule has 1 aromatic heterocycles. The summed E-state index contributed by atoms with van der Waals surface area (Å²) in [6.45, 7) is 1.98. The first-order valence-corrected chi connectivity index (χ1v) is 8.88. The first-order chi connectivity index (χ1) is 11.6. The first kappa shape index (κ1) is 16.8. The Hall–Kier alpha value is -2.04. The second-order valence-corrected chi connectivity index (χ2v) is 6.75. The lowest BCUT2D eigenvalue weighted by molar-refractivity contribution is 0.414. The van der Waals surface area contributed by atoms with E-state index in [1.807, 2.05) is 55.5 Å². The minimum absolute atomic E-state index is 0.684. The fourth-order valence-electron chi connectivity index (χ4n) is 2.29. The van der Waals surface area contributed by atoms with Gasteiger partial charge in [0.1, 0.15) is 10.8 Å². The number of thioether (sulfide) groups is 1. The van der Waals surface area contributed by atoms with Gasteiger partial charge in [0, 0.05) is 22.0 Å². The van der Waals surface area contributed by atoms with Gasteiger partial charge in [-0.15, -0.1) is 11.8 Å². The number of methoxy groups -OCH3 is 1. The molecule has 0 bridgehead atoms. The SMILES string of the molecule is COc1cccc(CSc2cc(C)nc(-c3cccc(Cl)c3)n2)c1. The van der Waals surface area contributed by atoms with Crippen molar-refractivity contribution in [2.24, 2.45) is 0 Å². The quantitative estimate of drug-likeness (QED) is 0.452. The van der Waals surface area contributed by atoms with E-state index in [-0.39, 0.29) is 0 Å². The minimum Gasteiger partial charge on any atom is -0.497 e. The number of rotatable bonds is 5. The summed E-state index contributed by atoms with van der Waals surface area (Å²) in [7, 11) is 1.68. The Kier molecular flexibility index (Phi) is 5.38. The summed E-state index contributed by atoms with van der Waals surface area (Å²) in [6, 6.07) is 17.7. The van der Waals surface area contributed by atoms with Crippen molar-refractivity contribution < 1.29 is 4.74 Å². The van der Waals surface area contributed by atoms with Crippen LogP contribution in [0.3, 0.4) is 0 Å². The largest absolute Gasteiger partial charge is 0.497 e. The Morgan fingerprint density at radius 3 is 2.67 bits per heavy atom. The van der Waals surface area contributed by atoms with Crippen molar-refractivity contribution in [1.82, 2.24) is 9.97 Å². The number of ether oxygens (including phenoxy) is 1. The van der Waals surface area contributed by atoms with Crippen LogP contribution >= 0.6 is 23.4 Å². The van der Waals surface area contributed by atoms with Crippen LogP contribution in [-0.2, 0) is 5.75 Å². The molecular weight excluding hydrogens is 340 g/mol. The number of aryl methyl sites for hydroxylation is 1. The van der Waals surface area contributed by atoms with Crippen molar-refractivity contribution in [2.45, 2.75) is 17.7 Å². The number of nitrogens with zero attached hydrogens (tertiary/aromatic N) is 2. The van der Waals surface area contributed by atoms with E-state index in [2.05, 4.69) is 16.0 Å². The van der Waals surface area contributed by atoms with Crippen LogP contribution in [0.25, 0.3) is 11.4 Å². The van der Waals surface area contributed by atoms with E-state index in [1.54, 1.807) is 18.9 Å². The van der Waals surface area contributed by atoms with E-state index in [4.69, 9.17) is 16.3 Å². The second kappa shape index (κ2) is 7.69. The summed E-state index contributed by atoms with van der Waals surface area (Å²) in [4.78, 5) is 9.19. The standard InChI is InChI=1S/C19H17ClN2OS/c1-13-9-18(24-12-14-5-3-8-17(10-14)23-2)22-19(21-13)15-6-4-7-16(20)11-15/h3-11H,12H2,1-2H3. The van der Waals surface area contributed by atoms with E-state index in [0.29, 0.717) is 10.8 Å². The lowest BCUT2D eigenvalue weighted by Gasteiger charge is -2.07. The van der Waals surface area contributed by atoms with Crippen LogP contribution in [0.5, 0.6) is 5.75 Å². The first-order valence-electron chi connectivity index (χ1n) is 7.51. The topological polar surface area (TPSA) is 35.0 Å². The normalized spacial score (nSPS) is 10.6. The number of benzene rings is 2. The Labute approximate surface area is 151 Å². The number of hydrogen-bond donors (Lipinski definition) is 0. The van der Waals surface area contributed by atoms with Gasteiger partial charge in [0.05, 0.1) is 7.11 Å². The lowest BCUT2D eigenvalue weighted by Crippen LogP contribution is -1.94. The molecule has 122 valence electrons. The maximum absolute atomic E-state index is 6.07. The highest BCUT2D eigenvalue weighted by Crippen LogP contribution is 2.26. The summed E-state index contributed by atoms with van der Waals surface area (Å²) in [5.41, 5.74) is 3.06. The molecule has 1 heterocycles. The fraction of sp³-hybridized carbons (Fsp3) is 0.158. The highest BCUT2D eigenvalue weighted by atomic mass is 35.5. The van der Waals surface area contributed by atoms with Crippen molar-refractivity contribution in [3.63, 3.8) is 0 Å². The molecule has 2 aromatic carbocycles. The second-order valence-electron chi connectivity index (χ2n) is 5.32. The van der Waals surface area contributed by atoms with Gasteiger partial charge in [-0.1, -0.05) is 35.9 Å². The third kappa shape index (κ3) is 4.28. The summed E-state index contributed by atoms with van der Waals surface area (Å²) in [5, 5.41) is 1.63. The van der Waals surface area contributed by atoms with E-state index < -0.39 is 0 Å². The third-order valence-corrected chi connectivity index (χ3v) is 4.65. The minimum atomic E-state index is 0.684.